The Morgan fingerprint density at radius 1 is 1.24 bits per heavy atom. The highest BCUT2D eigenvalue weighted by Crippen LogP contribution is 2.16. The van der Waals surface area contributed by atoms with Gasteiger partial charge in [-0.3, -0.25) is 9.59 Å². The van der Waals surface area contributed by atoms with Crippen LogP contribution in [0, 0.1) is 0 Å². The number of rotatable bonds is 9. The van der Waals surface area contributed by atoms with Gasteiger partial charge in [-0.25, -0.2) is 0 Å². The molecular weight excluding hydrogens is 274 g/mol. The van der Waals surface area contributed by atoms with Crippen LogP contribution in [0.15, 0.2) is 24.3 Å². The molecule has 0 heterocycles. The molecule has 6 heteroatoms. The summed E-state index contributed by atoms with van der Waals surface area (Å²) < 4.78 is 10.5. The van der Waals surface area contributed by atoms with Gasteiger partial charge in [-0.15, -0.1) is 0 Å². The van der Waals surface area contributed by atoms with Crippen molar-refractivity contribution in [2.24, 2.45) is 0 Å². The number of carbonyl (C=O) groups is 2. The Balaban J connectivity index is 2.30. The first kappa shape index (κ1) is 16.8. The van der Waals surface area contributed by atoms with Crippen molar-refractivity contribution < 1.29 is 24.2 Å². The van der Waals surface area contributed by atoms with Crippen molar-refractivity contribution in [1.29, 1.82) is 0 Å². The standard InChI is InChI=1S/C15H21NO5/c1-3-11(10-15(18)19)16-14(17)8-9-21-13-6-4-12(20-2)5-7-13/h4-7,11H,3,8-10H2,1-2H3,(H,16,17)(H,18,19). The van der Waals surface area contributed by atoms with Gasteiger partial charge in [-0.2, -0.15) is 0 Å². The van der Waals surface area contributed by atoms with Crippen molar-refractivity contribution in [3.8, 4) is 11.5 Å². The van der Waals surface area contributed by atoms with Gasteiger partial charge in [0.15, 0.2) is 0 Å². The Kier molecular flexibility index (Phi) is 7.08. The van der Waals surface area contributed by atoms with Gasteiger partial charge in [-0.1, -0.05) is 6.92 Å². The number of nitrogens with one attached hydrogen (secondary N) is 1. The molecule has 2 N–H and O–H groups in total. The first-order chi connectivity index (χ1) is 10.0. The van der Waals surface area contributed by atoms with E-state index in [2.05, 4.69) is 5.32 Å². The van der Waals surface area contributed by atoms with Crippen molar-refractivity contribution in [2.75, 3.05) is 13.7 Å². The van der Waals surface area contributed by atoms with Crippen LogP contribution in [0.25, 0.3) is 0 Å². The monoisotopic (exact) mass is 295 g/mol. The van der Waals surface area contributed by atoms with Crippen LogP contribution < -0.4 is 14.8 Å². The second-order valence-corrected chi connectivity index (χ2v) is 4.54. The number of hydrogen-bond acceptors (Lipinski definition) is 4. The zero-order valence-electron chi connectivity index (χ0n) is 12.3. The van der Waals surface area contributed by atoms with Gasteiger partial charge in [0.05, 0.1) is 26.6 Å². The summed E-state index contributed by atoms with van der Waals surface area (Å²) in [6, 6.07) is 6.73. The van der Waals surface area contributed by atoms with Crippen LogP contribution in [-0.2, 0) is 9.59 Å². The lowest BCUT2D eigenvalue weighted by molar-refractivity contribution is -0.137. The van der Waals surface area contributed by atoms with E-state index < -0.39 is 5.97 Å². The number of carboxylic acid groups (broad SMARTS) is 1. The van der Waals surface area contributed by atoms with Gasteiger partial charge in [-0.05, 0) is 30.7 Å². The predicted octanol–water partition coefficient (Wildman–Crippen LogP) is 1.83. The molecule has 0 aromatic heterocycles. The molecule has 0 fully saturated rings. The van der Waals surface area contributed by atoms with Gasteiger partial charge >= 0.3 is 5.97 Å². The zero-order valence-corrected chi connectivity index (χ0v) is 12.3. The number of benzene rings is 1. The molecule has 0 radical (unpaired) electrons. The zero-order chi connectivity index (χ0) is 15.7. The van der Waals surface area contributed by atoms with E-state index >= 15 is 0 Å². The summed E-state index contributed by atoms with van der Waals surface area (Å²) in [7, 11) is 1.58. The minimum absolute atomic E-state index is 0.0679. The van der Waals surface area contributed by atoms with Crippen LogP contribution >= 0.6 is 0 Å². The Bertz CT molecular complexity index is 458. The third-order valence-electron chi connectivity index (χ3n) is 2.94. The summed E-state index contributed by atoms with van der Waals surface area (Å²) in [5, 5.41) is 11.4. The summed E-state index contributed by atoms with van der Waals surface area (Å²) in [6.45, 7) is 2.07. The molecule has 0 aliphatic carbocycles. The molecule has 116 valence electrons. The number of aliphatic carboxylic acids is 1. The minimum Gasteiger partial charge on any atom is -0.497 e. The minimum atomic E-state index is -0.920. The second kappa shape index (κ2) is 8.84. The van der Waals surface area contributed by atoms with E-state index in [9.17, 15) is 9.59 Å². The molecule has 1 rings (SSSR count). The maximum absolute atomic E-state index is 11.7. The van der Waals surface area contributed by atoms with Crippen LogP contribution in [-0.4, -0.2) is 36.7 Å². The summed E-state index contributed by atoms with van der Waals surface area (Å²) in [5.41, 5.74) is 0. The Morgan fingerprint density at radius 3 is 2.38 bits per heavy atom. The van der Waals surface area contributed by atoms with Gasteiger partial charge in [0.25, 0.3) is 0 Å². The summed E-state index contributed by atoms with van der Waals surface area (Å²) >= 11 is 0. The molecule has 21 heavy (non-hydrogen) atoms. The maximum Gasteiger partial charge on any atom is 0.305 e. The summed E-state index contributed by atoms with van der Waals surface area (Å²) in [5.74, 6) is 0.258. The lowest BCUT2D eigenvalue weighted by atomic mass is 10.1. The molecule has 0 spiro atoms. The molecule has 6 nitrogen and oxygen atoms in total. The van der Waals surface area contributed by atoms with Crippen LogP contribution in [0.4, 0.5) is 0 Å². The molecule has 0 aliphatic heterocycles. The van der Waals surface area contributed by atoms with E-state index in [1.54, 1.807) is 31.4 Å². The van der Waals surface area contributed by atoms with Crippen LogP contribution in [0.5, 0.6) is 11.5 Å². The number of methoxy groups -OCH3 is 1. The normalized spacial score (nSPS) is 11.5. The van der Waals surface area contributed by atoms with Crippen LogP contribution in [0.2, 0.25) is 0 Å². The molecule has 0 bridgehead atoms. The van der Waals surface area contributed by atoms with Gasteiger partial charge in [0.2, 0.25) is 5.91 Å². The molecular formula is C15H21NO5. The predicted molar refractivity (Wildman–Crippen MR) is 77.6 cm³/mol. The highest BCUT2D eigenvalue weighted by molar-refractivity contribution is 5.77. The van der Waals surface area contributed by atoms with Crippen molar-refractivity contribution >= 4 is 11.9 Å². The van der Waals surface area contributed by atoms with E-state index in [1.165, 1.54) is 0 Å². The highest BCUT2D eigenvalue weighted by atomic mass is 16.5. The van der Waals surface area contributed by atoms with Crippen molar-refractivity contribution in [3.05, 3.63) is 24.3 Å². The Labute approximate surface area is 124 Å². The number of carboxylic acids is 1. The average Bonchev–Trinajstić information content (AvgIpc) is 2.46. The largest absolute Gasteiger partial charge is 0.497 e. The Hall–Kier alpha value is -2.24. The molecule has 1 aromatic carbocycles. The molecule has 1 unspecified atom stereocenters. The van der Waals surface area contributed by atoms with Gasteiger partial charge < -0.3 is 19.9 Å². The van der Waals surface area contributed by atoms with E-state index in [1.807, 2.05) is 6.92 Å². The number of hydrogen-bond donors (Lipinski definition) is 2. The lowest BCUT2D eigenvalue weighted by Gasteiger charge is -2.15. The Morgan fingerprint density at radius 2 is 1.86 bits per heavy atom. The average molecular weight is 295 g/mol. The molecule has 0 aliphatic rings. The van der Waals surface area contributed by atoms with E-state index in [0.29, 0.717) is 12.2 Å². The molecule has 1 atom stereocenters. The van der Waals surface area contributed by atoms with Crippen molar-refractivity contribution in [1.82, 2.24) is 5.32 Å². The van der Waals surface area contributed by atoms with Gasteiger partial charge in [0, 0.05) is 6.04 Å². The topological polar surface area (TPSA) is 84.9 Å². The molecule has 1 aromatic rings. The van der Waals surface area contributed by atoms with E-state index in [0.717, 1.165) is 5.75 Å². The molecule has 1 amide bonds. The smallest absolute Gasteiger partial charge is 0.305 e. The fourth-order valence-corrected chi connectivity index (χ4v) is 1.74. The summed E-state index contributed by atoms with van der Waals surface area (Å²) in [4.78, 5) is 22.3. The third kappa shape index (κ3) is 6.65. The quantitative estimate of drug-likeness (QED) is 0.726. The van der Waals surface area contributed by atoms with Crippen LogP contribution in [0.1, 0.15) is 26.2 Å². The number of carbonyl (C=O) groups excluding carboxylic acids is 1. The van der Waals surface area contributed by atoms with Crippen LogP contribution in [0.3, 0.4) is 0 Å². The first-order valence-corrected chi connectivity index (χ1v) is 6.83. The second-order valence-electron chi connectivity index (χ2n) is 4.54. The first-order valence-electron chi connectivity index (χ1n) is 6.83. The van der Waals surface area contributed by atoms with Crippen molar-refractivity contribution in [2.45, 2.75) is 32.2 Å². The fraction of sp³-hybridized carbons (Fsp3) is 0.467. The number of amides is 1. The van der Waals surface area contributed by atoms with E-state index in [-0.39, 0.29) is 31.4 Å². The van der Waals surface area contributed by atoms with Crippen molar-refractivity contribution in [3.63, 3.8) is 0 Å². The summed E-state index contributed by atoms with van der Waals surface area (Å²) in [6.07, 6.45) is 0.696. The maximum atomic E-state index is 11.7. The molecule has 0 saturated carbocycles. The van der Waals surface area contributed by atoms with E-state index in [4.69, 9.17) is 14.6 Å². The highest BCUT2D eigenvalue weighted by Gasteiger charge is 2.13. The number of ether oxygens (including phenoxy) is 2. The molecule has 0 saturated heterocycles. The van der Waals surface area contributed by atoms with Gasteiger partial charge in [0.1, 0.15) is 11.5 Å². The SMILES string of the molecule is CCC(CC(=O)O)NC(=O)CCOc1ccc(OC)cc1. The third-order valence-corrected chi connectivity index (χ3v) is 2.94. The lowest BCUT2D eigenvalue weighted by Crippen LogP contribution is -2.36. The fourth-order valence-electron chi connectivity index (χ4n) is 1.74.